The summed E-state index contributed by atoms with van der Waals surface area (Å²) >= 11 is 5.88. The molecule has 1 atom stereocenters. The van der Waals surface area contributed by atoms with Crippen LogP contribution in [-0.2, 0) is 9.53 Å². The number of esters is 1. The summed E-state index contributed by atoms with van der Waals surface area (Å²) in [5.41, 5.74) is -0.0430. The normalized spacial score (nSPS) is 15.4. The molecule has 0 N–H and O–H groups in total. The standard InChI is InChI=1S/C14H8ClNO4/c1-20-14(19)9(6-16)10-11(15)13(18)8-5-3-2-4-7(8)12(10)17/h2-5,9H,1H3. The maximum Gasteiger partial charge on any atom is 0.327 e. The first-order valence-electron chi connectivity index (χ1n) is 5.58. The molecule has 1 aliphatic rings. The van der Waals surface area contributed by atoms with Gasteiger partial charge in [-0.3, -0.25) is 14.4 Å². The molecule has 0 aliphatic heterocycles. The summed E-state index contributed by atoms with van der Waals surface area (Å²) in [4.78, 5) is 36.0. The zero-order valence-corrected chi connectivity index (χ0v) is 11.1. The quantitative estimate of drug-likeness (QED) is 0.776. The molecule has 5 nitrogen and oxygen atoms in total. The minimum atomic E-state index is -1.52. The summed E-state index contributed by atoms with van der Waals surface area (Å²) in [6.45, 7) is 0. The van der Waals surface area contributed by atoms with Gasteiger partial charge in [-0.05, 0) is 0 Å². The van der Waals surface area contributed by atoms with E-state index in [1.165, 1.54) is 12.1 Å². The molecule has 0 fully saturated rings. The van der Waals surface area contributed by atoms with E-state index >= 15 is 0 Å². The summed E-state index contributed by atoms with van der Waals surface area (Å²) in [5, 5.41) is 8.63. The first-order chi connectivity index (χ1) is 9.52. The molecule has 1 aromatic carbocycles. The number of hydrogen-bond donors (Lipinski definition) is 0. The Hall–Kier alpha value is -2.45. The Morgan fingerprint density at radius 2 is 1.80 bits per heavy atom. The van der Waals surface area contributed by atoms with Gasteiger partial charge >= 0.3 is 5.97 Å². The van der Waals surface area contributed by atoms with E-state index in [0.29, 0.717) is 0 Å². The molecule has 20 heavy (non-hydrogen) atoms. The number of nitriles is 1. The van der Waals surface area contributed by atoms with Crippen LogP contribution < -0.4 is 0 Å². The summed E-state index contributed by atoms with van der Waals surface area (Å²) in [7, 11) is 1.09. The van der Waals surface area contributed by atoms with Gasteiger partial charge in [-0.1, -0.05) is 35.9 Å². The molecule has 1 unspecified atom stereocenters. The highest BCUT2D eigenvalue weighted by Gasteiger charge is 2.38. The van der Waals surface area contributed by atoms with Crippen LogP contribution in [0.4, 0.5) is 0 Å². The predicted molar refractivity (Wildman–Crippen MR) is 69.1 cm³/mol. The number of benzene rings is 1. The smallest absolute Gasteiger partial charge is 0.327 e. The lowest BCUT2D eigenvalue weighted by Crippen LogP contribution is -2.28. The number of allylic oxidation sites excluding steroid dienone is 1. The van der Waals surface area contributed by atoms with E-state index in [1.54, 1.807) is 18.2 Å². The highest BCUT2D eigenvalue weighted by atomic mass is 35.5. The fraction of sp³-hybridized carbons (Fsp3) is 0.143. The van der Waals surface area contributed by atoms with Crippen molar-refractivity contribution >= 4 is 29.1 Å². The number of Topliss-reactive ketones (excluding diaryl/α,β-unsaturated/α-hetero) is 2. The number of carbonyl (C=O) groups excluding carboxylic acids is 3. The van der Waals surface area contributed by atoms with Crippen molar-refractivity contribution in [2.45, 2.75) is 0 Å². The van der Waals surface area contributed by atoms with Crippen LogP contribution in [0.5, 0.6) is 0 Å². The van der Waals surface area contributed by atoms with Crippen molar-refractivity contribution in [3.05, 3.63) is 46.0 Å². The topological polar surface area (TPSA) is 84.2 Å². The second-order valence-electron chi connectivity index (χ2n) is 4.02. The number of nitrogens with zero attached hydrogens (tertiary/aromatic N) is 1. The van der Waals surface area contributed by atoms with Gasteiger partial charge in [0.1, 0.15) is 0 Å². The molecular formula is C14H8ClNO4. The number of hydrogen-bond acceptors (Lipinski definition) is 5. The summed E-state index contributed by atoms with van der Waals surface area (Å²) in [5.74, 6) is -3.64. The third kappa shape index (κ3) is 2.00. The molecular weight excluding hydrogens is 282 g/mol. The largest absolute Gasteiger partial charge is 0.468 e. The van der Waals surface area contributed by atoms with Crippen molar-refractivity contribution in [3.63, 3.8) is 0 Å². The molecule has 1 aliphatic carbocycles. The number of halogens is 1. The number of rotatable bonds is 2. The molecule has 0 saturated heterocycles. The van der Waals surface area contributed by atoms with Gasteiger partial charge in [0.15, 0.2) is 11.7 Å². The van der Waals surface area contributed by atoms with Gasteiger partial charge in [0, 0.05) is 11.1 Å². The van der Waals surface area contributed by atoms with Gasteiger partial charge < -0.3 is 4.74 Å². The predicted octanol–water partition coefficient (Wildman–Crippen LogP) is 1.87. The Kier molecular flexibility index (Phi) is 3.68. The average Bonchev–Trinajstić information content (AvgIpc) is 2.48. The maximum atomic E-state index is 12.3. The average molecular weight is 290 g/mol. The molecule has 0 radical (unpaired) electrons. The van der Waals surface area contributed by atoms with Crippen molar-refractivity contribution in [2.24, 2.45) is 5.92 Å². The number of carbonyl (C=O) groups is 3. The van der Waals surface area contributed by atoms with Crippen LogP contribution in [0.25, 0.3) is 0 Å². The van der Waals surface area contributed by atoms with Crippen molar-refractivity contribution in [3.8, 4) is 6.07 Å². The van der Waals surface area contributed by atoms with Crippen molar-refractivity contribution in [2.75, 3.05) is 7.11 Å². The lowest BCUT2D eigenvalue weighted by molar-refractivity contribution is -0.142. The Morgan fingerprint density at radius 3 is 2.30 bits per heavy atom. The third-order valence-corrected chi connectivity index (χ3v) is 3.33. The van der Waals surface area contributed by atoms with E-state index in [2.05, 4.69) is 4.74 Å². The zero-order valence-electron chi connectivity index (χ0n) is 10.3. The second kappa shape index (κ2) is 5.27. The van der Waals surface area contributed by atoms with Gasteiger partial charge in [-0.15, -0.1) is 0 Å². The molecule has 0 spiro atoms. The van der Waals surface area contributed by atoms with Crippen molar-refractivity contribution < 1.29 is 19.1 Å². The SMILES string of the molecule is COC(=O)C(C#N)C1=C(Cl)C(=O)c2ccccc2C1=O. The van der Waals surface area contributed by atoms with Crippen molar-refractivity contribution in [1.29, 1.82) is 5.26 Å². The van der Waals surface area contributed by atoms with Gasteiger partial charge in [0.05, 0.1) is 23.8 Å². The van der Waals surface area contributed by atoms with Gasteiger partial charge in [-0.25, -0.2) is 0 Å². The summed E-state index contributed by atoms with van der Waals surface area (Å²) < 4.78 is 4.46. The second-order valence-corrected chi connectivity index (χ2v) is 4.39. The van der Waals surface area contributed by atoms with Crippen LogP contribution in [0.3, 0.4) is 0 Å². The molecule has 0 saturated carbocycles. The lowest BCUT2D eigenvalue weighted by Gasteiger charge is -2.19. The Balaban J connectivity index is 2.63. The molecule has 0 aromatic heterocycles. The van der Waals surface area contributed by atoms with E-state index in [-0.39, 0.29) is 16.7 Å². The molecule has 0 amide bonds. The first kappa shape index (κ1) is 14.0. The molecule has 1 aromatic rings. The van der Waals surface area contributed by atoms with Gasteiger partial charge in [-0.2, -0.15) is 5.26 Å². The van der Waals surface area contributed by atoms with E-state index in [9.17, 15) is 14.4 Å². The Labute approximate surface area is 119 Å². The first-order valence-corrected chi connectivity index (χ1v) is 5.96. The number of ketones is 2. The minimum Gasteiger partial charge on any atom is -0.468 e. The monoisotopic (exact) mass is 289 g/mol. The summed E-state index contributed by atoms with van der Waals surface area (Å²) in [6.07, 6.45) is 0. The highest BCUT2D eigenvalue weighted by molar-refractivity contribution is 6.50. The molecule has 100 valence electrons. The van der Waals surface area contributed by atoms with Crippen LogP contribution in [0.15, 0.2) is 34.9 Å². The van der Waals surface area contributed by atoms with E-state index in [0.717, 1.165) is 7.11 Å². The number of fused-ring (bicyclic) bond motifs is 1. The van der Waals surface area contributed by atoms with E-state index in [4.69, 9.17) is 16.9 Å². The van der Waals surface area contributed by atoms with Crippen LogP contribution in [0.2, 0.25) is 0 Å². The highest BCUT2D eigenvalue weighted by Crippen LogP contribution is 2.32. The maximum absolute atomic E-state index is 12.3. The minimum absolute atomic E-state index is 0.126. The van der Waals surface area contributed by atoms with Gasteiger partial charge in [0.25, 0.3) is 0 Å². The molecule has 0 bridgehead atoms. The van der Waals surface area contributed by atoms with Gasteiger partial charge in [0.2, 0.25) is 5.78 Å². The Morgan fingerprint density at radius 1 is 1.25 bits per heavy atom. The molecule has 6 heteroatoms. The molecule has 0 heterocycles. The third-order valence-electron chi connectivity index (χ3n) is 2.95. The van der Waals surface area contributed by atoms with Crippen LogP contribution in [0, 0.1) is 17.2 Å². The number of ether oxygens (including phenoxy) is 1. The van der Waals surface area contributed by atoms with Crippen LogP contribution in [-0.4, -0.2) is 24.6 Å². The van der Waals surface area contributed by atoms with Crippen molar-refractivity contribution in [1.82, 2.24) is 0 Å². The Bertz CT molecular complexity index is 699. The fourth-order valence-electron chi connectivity index (χ4n) is 1.98. The fourth-order valence-corrected chi connectivity index (χ4v) is 2.27. The number of methoxy groups -OCH3 is 1. The van der Waals surface area contributed by atoms with Crippen LogP contribution in [0.1, 0.15) is 20.7 Å². The molecule has 2 rings (SSSR count). The summed E-state index contributed by atoms with van der Waals surface area (Å²) in [6, 6.07) is 7.74. The van der Waals surface area contributed by atoms with E-state index in [1.807, 2.05) is 0 Å². The van der Waals surface area contributed by atoms with Crippen LogP contribution >= 0.6 is 11.6 Å². The lowest BCUT2D eigenvalue weighted by atomic mass is 9.83. The zero-order chi connectivity index (χ0) is 14.9. The van der Waals surface area contributed by atoms with E-state index < -0.39 is 28.5 Å².